The molecule has 7 nitrogen and oxygen atoms in total. The quantitative estimate of drug-likeness (QED) is 0.581. The molecule has 8 heteroatoms. The first-order chi connectivity index (χ1) is 12.5. The van der Waals surface area contributed by atoms with Gasteiger partial charge < -0.3 is 19.1 Å². The fraction of sp³-hybridized carbons (Fsp3) is 0.500. The van der Waals surface area contributed by atoms with Gasteiger partial charge in [-0.3, -0.25) is 4.79 Å². The fourth-order valence-electron chi connectivity index (χ4n) is 3.08. The van der Waals surface area contributed by atoms with Gasteiger partial charge in [-0.05, 0) is 26.1 Å². The van der Waals surface area contributed by atoms with Crippen LogP contribution in [0.15, 0.2) is 23.1 Å². The first-order valence-electron chi connectivity index (χ1n) is 8.76. The smallest absolute Gasteiger partial charge is 0.343 e. The molecule has 0 radical (unpaired) electrons. The Morgan fingerprint density at radius 1 is 1.27 bits per heavy atom. The minimum atomic E-state index is -0.620. The van der Waals surface area contributed by atoms with E-state index in [9.17, 15) is 9.59 Å². The number of halogens is 1. The third-order valence-electron chi connectivity index (χ3n) is 4.55. The number of rotatable bonds is 5. The number of likely N-dealkylation sites (N-methyl/N-ethyl adjacent to an activating group) is 1. The third-order valence-corrected chi connectivity index (χ3v) is 4.72. The molecular weight excluding hydrogens is 356 g/mol. The van der Waals surface area contributed by atoms with E-state index >= 15 is 0 Å². The summed E-state index contributed by atoms with van der Waals surface area (Å²) in [6.45, 7) is 6.08. The number of carbonyl (C=O) groups excluding carboxylic acids is 1. The standard InChI is InChI=1S/C18H23ClN4O3/c1-3-26-18(25)14-12-23(7-6-19)17-13(16(14)24)4-5-15(20-17)22-10-8-21(2)9-11-22/h4-5,12H,3,6-11H2,1-2H3. The molecule has 0 unspecified atom stereocenters. The van der Waals surface area contributed by atoms with Crippen molar-refractivity contribution in [1.82, 2.24) is 14.5 Å². The number of nitrogens with zero attached hydrogens (tertiary/aromatic N) is 4. The Hall–Kier alpha value is -2.12. The van der Waals surface area contributed by atoms with E-state index < -0.39 is 5.97 Å². The molecule has 0 atom stereocenters. The van der Waals surface area contributed by atoms with Crippen molar-refractivity contribution in [3.63, 3.8) is 0 Å². The van der Waals surface area contributed by atoms with Gasteiger partial charge in [0.15, 0.2) is 0 Å². The van der Waals surface area contributed by atoms with Crippen LogP contribution in [0.3, 0.4) is 0 Å². The number of alkyl halides is 1. The second-order valence-electron chi connectivity index (χ2n) is 6.31. The highest BCUT2D eigenvalue weighted by molar-refractivity contribution is 6.17. The minimum absolute atomic E-state index is 0.0126. The molecule has 0 aliphatic carbocycles. The predicted octanol–water partition coefficient (Wildman–Crippen LogP) is 1.56. The van der Waals surface area contributed by atoms with Gasteiger partial charge in [0.2, 0.25) is 5.43 Å². The highest BCUT2D eigenvalue weighted by atomic mass is 35.5. The van der Waals surface area contributed by atoms with Crippen LogP contribution in [0.25, 0.3) is 11.0 Å². The number of aryl methyl sites for hydroxylation is 1. The van der Waals surface area contributed by atoms with Crippen molar-refractivity contribution in [2.24, 2.45) is 0 Å². The molecule has 1 saturated heterocycles. The van der Waals surface area contributed by atoms with Crippen molar-refractivity contribution in [3.05, 3.63) is 34.1 Å². The maximum absolute atomic E-state index is 12.7. The zero-order chi connectivity index (χ0) is 18.7. The number of aromatic nitrogens is 2. The van der Waals surface area contributed by atoms with E-state index in [1.807, 2.05) is 6.07 Å². The van der Waals surface area contributed by atoms with Gasteiger partial charge in [0.25, 0.3) is 0 Å². The summed E-state index contributed by atoms with van der Waals surface area (Å²) < 4.78 is 6.76. The summed E-state index contributed by atoms with van der Waals surface area (Å²) in [5.41, 5.74) is 0.195. The molecule has 0 aromatic carbocycles. The SMILES string of the molecule is CCOC(=O)c1cn(CCCl)c2nc(N3CCN(C)CC3)ccc2c1=O. The summed E-state index contributed by atoms with van der Waals surface area (Å²) in [6, 6.07) is 3.58. The average Bonchev–Trinajstić information content (AvgIpc) is 2.64. The number of ether oxygens (including phenoxy) is 1. The number of carbonyl (C=O) groups is 1. The highest BCUT2D eigenvalue weighted by Crippen LogP contribution is 2.19. The van der Waals surface area contributed by atoms with Crippen LogP contribution in [0.2, 0.25) is 0 Å². The first kappa shape index (κ1) is 18.7. The molecule has 0 bridgehead atoms. The van der Waals surface area contributed by atoms with Crippen LogP contribution in [0.5, 0.6) is 0 Å². The Balaban J connectivity index is 2.07. The number of hydrogen-bond acceptors (Lipinski definition) is 6. The van der Waals surface area contributed by atoms with Gasteiger partial charge in [-0.25, -0.2) is 9.78 Å². The van der Waals surface area contributed by atoms with E-state index in [4.69, 9.17) is 21.3 Å². The van der Waals surface area contributed by atoms with Gasteiger partial charge in [-0.15, -0.1) is 11.6 Å². The molecule has 0 N–H and O–H groups in total. The zero-order valence-electron chi connectivity index (χ0n) is 15.1. The maximum atomic E-state index is 12.7. The largest absolute Gasteiger partial charge is 0.462 e. The Bertz CT molecular complexity index is 859. The predicted molar refractivity (Wildman–Crippen MR) is 102 cm³/mol. The lowest BCUT2D eigenvalue weighted by Crippen LogP contribution is -2.44. The molecule has 1 aliphatic rings. The van der Waals surface area contributed by atoms with E-state index in [0.29, 0.717) is 23.5 Å². The summed E-state index contributed by atoms with van der Waals surface area (Å²) >= 11 is 5.91. The van der Waals surface area contributed by atoms with E-state index in [0.717, 1.165) is 32.0 Å². The van der Waals surface area contributed by atoms with Crippen LogP contribution in [0.1, 0.15) is 17.3 Å². The van der Waals surface area contributed by atoms with Crippen LogP contribution in [-0.4, -0.2) is 66.1 Å². The van der Waals surface area contributed by atoms with Crippen LogP contribution < -0.4 is 10.3 Å². The van der Waals surface area contributed by atoms with Crippen molar-refractivity contribution in [1.29, 1.82) is 0 Å². The average molecular weight is 379 g/mol. The van der Waals surface area contributed by atoms with E-state index in [2.05, 4.69) is 16.8 Å². The Morgan fingerprint density at radius 3 is 2.65 bits per heavy atom. The van der Waals surface area contributed by atoms with Crippen LogP contribution in [0.4, 0.5) is 5.82 Å². The van der Waals surface area contributed by atoms with Crippen molar-refractivity contribution < 1.29 is 9.53 Å². The van der Waals surface area contributed by atoms with Gasteiger partial charge in [0, 0.05) is 44.8 Å². The zero-order valence-corrected chi connectivity index (χ0v) is 15.8. The van der Waals surface area contributed by atoms with Gasteiger partial charge in [0.05, 0.1) is 12.0 Å². The van der Waals surface area contributed by atoms with Crippen LogP contribution >= 0.6 is 11.6 Å². The molecule has 1 aliphatic heterocycles. The van der Waals surface area contributed by atoms with E-state index in [1.54, 1.807) is 17.6 Å². The van der Waals surface area contributed by atoms with Gasteiger partial charge in [-0.1, -0.05) is 0 Å². The number of fused-ring (bicyclic) bond motifs is 1. The number of esters is 1. The number of hydrogen-bond donors (Lipinski definition) is 0. The normalized spacial score (nSPS) is 15.4. The summed E-state index contributed by atoms with van der Waals surface area (Å²) in [6.07, 6.45) is 1.51. The monoisotopic (exact) mass is 378 g/mol. The van der Waals surface area contributed by atoms with Crippen molar-refractivity contribution in [3.8, 4) is 0 Å². The second-order valence-corrected chi connectivity index (χ2v) is 6.68. The number of piperazine rings is 1. The summed E-state index contributed by atoms with van der Waals surface area (Å²) in [5.74, 6) is 0.559. The number of pyridine rings is 2. The molecule has 3 rings (SSSR count). The molecule has 3 heterocycles. The molecule has 0 spiro atoms. The second kappa shape index (κ2) is 8.05. The van der Waals surface area contributed by atoms with Crippen molar-refractivity contribution >= 4 is 34.4 Å². The molecule has 0 saturated carbocycles. The summed E-state index contributed by atoms with van der Waals surface area (Å²) in [5, 5.41) is 0.401. The summed E-state index contributed by atoms with van der Waals surface area (Å²) in [4.78, 5) is 34.0. The molecule has 0 amide bonds. The summed E-state index contributed by atoms with van der Waals surface area (Å²) in [7, 11) is 2.10. The Labute approximate surface area is 157 Å². The number of anilines is 1. The van der Waals surface area contributed by atoms with E-state index in [1.165, 1.54) is 6.20 Å². The van der Waals surface area contributed by atoms with Crippen LogP contribution in [0, 0.1) is 0 Å². The molecule has 140 valence electrons. The lowest BCUT2D eigenvalue weighted by Gasteiger charge is -2.33. The Morgan fingerprint density at radius 2 is 2.00 bits per heavy atom. The van der Waals surface area contributed by atoms with Crippen LogP contribution in [-0.2, 0) is 11.3 Å². The van der Waals surface area contributed by atoms with Gasteiger partial charge >= 0.3 is 5.97 Å². The van der Waals surface area contributed by atoms with Gasteiger partial charge in [-0.2, -0.15) is 0 Å². The molecule has 26 heavy (non-hydrogen) atoms. The van der Waals surface area contributed by atoms with Gasteiger partial charge in [0.1, 0.15) is 17.0 Å². The maximum Gasteiger partial charge on any atom is 0.343 e. The lowest BCUT2D eigenvalue weighted by molar-refractivity contribution is 0.0524. The van der Waals surface area contributed by atoms with Crippen molar-refractivity contribution in [2.75, 3.05) is 50.6 Å². The molecular formula is C18H23ClN4O3. The molecule has 2 aromatic heterocycles. The van der Waals surface area contributed by atoms with E-state index in [-0.39, 0.29) is 17.6 Å². The topological polar surface area (TPSA) is 67.7 Å². The van der Waals surface area contributed by atoms with Crippen molar-refractivity contribution in [2.45, 2.75) is 13.5 Å². The fourth-order valence-corrected chi connectivity index (χ4v) is 3.26. The molecule has 2 aromatic rings. The lowest BCUT2D eigenvalue weighted by atomic mass is 10.2. The third kappa shape index (κ3) is 3.68. The minimum Gasteiger partial charge on any atom is -0.462 e. The molecule has 1 fully saturated rings. The highest BCUT2D eigenvalue weighted by Gasteiger charge is 2.20. The Kier molecular flexibility index (Phi) is 5.78. The first-order valence-corrected chi connectivity index (χ1v) is 9.29.